The van der Waals surface area contributed by atoms with Crippen molar-refractivity contribution >= 4 is 15.8 Å². The van der Waals surface area contributed by atoms with E-state index in [1.807, 2.05) is 29.1 Å². The molecule has 2 heterocycles. The Morgan fingerprint density at radius 1 is 0.962 bits per heavy atom. The topological polar surface area (TPSA) is 88.9 Å². The molecule has 0 aliphatic rings. The largest absolute Gasteiger partial charge is 0.367 e. The van der Waals surface area contributed by atoms with Crippen molar-refractivity contribution in [3.05, 3.63) is 72.3 Å². The molecule has 136 valence electrons. The Kier molecular flexibility index (Phi) is 5.59. The van der Waals surface area contributed by atoms with E-state index < -0.39 is 21.6 Å². The normalized spacial score (nSPS) is 11.4. The van der Waals surface area contributed by atoms with Crippen molar-refractivity contribution in [1.29, 1.82) is 0 Å². The summed E-state index contributed by atoms with van der Waals surface area (Å²) in [6, 6.07) is 13.2. The van der Waals surface area contributed by atoms with E-state index in [9.17, 15) is 12.8 Å². The van der Waals surface area contributed by atoms with Crippen LogP contribution >= 0.6 is 0 Å². The highest BCUT2D eigenvalue weighted by atomic mass is 32.2. The van der Waals surface area contributed by atoms with Crippen LogP contribution in [0, 0.1) is 5.82 Å². The van der Waals surface area contributed by atoms with Crippen molar-refractivity contribution in [3.8, 4) is 5.82 Å². The molecule has 9 heteroatoms. The number of rotatable bonds is 8. The van der Waals surface area contributed by atoms with E-state index in [0.29, 0.717) is 18.2 Å². The summed E-state index contributed by atoms with van der Waals surface area (Å²) in [5.74, 6) is 0.291. The first-order valence-electron chi connectivity index (χ1n) is 7.95. The molecule has 7 nitrogen and oxygen atoms in total. The highest BCUT2D eigenvalue weighted by molar-refractivity contribution is 7.88. The summed E-state index contributed by atoms with van der Waals surface area (Å²) in [6.45, 7) is 0.478. The molecular weight excluding hydrogens is 357 g/mol. The van der Waals surface area contributed by atoms with Gasteiger partial charge in [0, 0.05) is 31.0 Å². The zero-order chi connectivity index (χ0) is 18.4. The maximum Gasteiger partial charge on any atom is 0.215 e. The lowest BCUT2D eigenvalue weighted by atomic mass is 10.2. The van der Waals surface area contributed by atoms with Gasteiger partial charge in [0.1, 0.15) is 11.6 Å². The first-order chi connectivity index (χ1) is 12.5. The number of benzene rings is 1. The quantitative estimate of drug-likeness (QED) is 0.588. The summed E-state index contributed by atoms with van der Waals surface area (Å²) in [4.78, 5) is 0. The van der Waals surface area contributed by atoms with Gasteiger partial charge in [-0.3, -0.25) is 0 Å². The van der Waals surface area contributed by atoms with Gasteiger partial charge in [-0.1, -0.05) is 18.2 Å². The van der Waals surface area contributed by atoms with Crippen LogP contribution in [0.4, 0.5) is 10.2 Å². The van der Waals surface area contributed by atoms with Crippen LogP contribution in [0.2, 0.25) is 0 Å². The molecule has 0 aliphatic carbocycles. The highest BCUT2D eigenvalue weighted by Gasteiger charge is 2.13. The van der Waals surface area contributed by atoms with Crippen LogP contribution in [-0.4, -0.2) is 36.3 Å². The summed E-state index contributed by atoms with van der Waals surface area (Å²) in [6.07, 6.45) is 3.73. The lowest BCUT2D eigenvalue weighted by Crippen LogP contribution is -2.30. The zero-order valence-electron chi connectivity index (χ0n) is 13.8. The van der Waals surface area contributed by atoms with E-state index in [2.05, 4.69) is 20.2 Å². The molecule has 26 heavy (non-hydrogen) atoms. The summed E-state index contributed by atoms with van der Waals surface area (Å²) < 4.78 is 41.8. The van der Waals surface area contributed by atoms with Gasteiger partial charge in [-0.05, 0) is 30.3 Å². The number of anilines is 1. The highest BCUT2D eigenvalue weighted by Crippen LogP contribution is 2.10. The van der Waals surface area contributed by atoms with Crippen molar-refractivity contribution in [1.82, 2.24) is 19.5 Å². The van der Waals surface area contributed by atoms with E-state index in [-0.39, 0.29) is 12.1 Å². The number of aromatic nitrogens is 3. The fraction of sp³-hybridized carbons (Fsp3) is 0.176. The second-order valence-corrected chi connectivity index (χ2v) is 7.35. The van der Waals surface area contributed by atoms with Crippen LogP contribution in [0.5, 0.6) is 0 Å². The molecule has 0 spiro atoms. The van der Waals surface area contributed by atoms with Gasteiger partial charge in [-0.15, -0.1) is 10.2 Å². The van der Waals surface area contributed by atoms with Gasteiger partial charge in [0.2, 0.25) is 10.0 Å². The van der Waals surface area contributed by atoms with Crippen molar-refractivity contribution in [2.75, 3.05) is 18.4 Å². The number of nitrogens with zero attached hydrogens (tertiary/aromatic N) is 3. The predicted octanol–water partition coefficient (Wildman–Crippen LogP) is 1.94. The number of nitrogens with one attached hydrogen (secondary N) is 2. The maximum atomic E-state index is 13.5. The van der Waals surface area contributed by atoms with Gasteiger partial charge < -0.3 is 9.88 Å². The number of sulfonamides is 1. The van der Waals surface area contributed by atoms with E-state index in [1.165, 1.54) is 18.2 Å². The first kappa shape index (κ1) is 18.0. The van der Waals surface area contributed by atoms with Crippen LogP contribution in [0.1, 0.15) is 5.56 Å². The zero-order valence-corrected chi connectivity index (χ0v) is 14.7. The minimum atomic E-state index is -3.62. The van der Waals surface area contributed by atoms with Crippen molar-refractivity contribution in [2.45, 2.75) is 5.75 Å². The SMILES string of the molecule is O=S(=O)(Cc1ccccc1F)NCCNc1ccc(-n2cccc2)nn1. The van der Waals surface area contributed by atoms with Gasteiger partial charge >= 0.3 is 0 Å². The molecule has 3 aromatic rings. The van der Waals surface area contributed by atoms with Gasteiger partial charge in [0.15, 0.2) is 5.82 Å². The van der Waals surface area contributed by atoms with Crippen molar-refractivity contribution < 1.29 is 12.8 Å². The predicted molar refractivity (Wildman–Crippen MR) is 96.9 cm³/mol. The van der Waals surface area contributed by atoms with Crippen molar-refractivity contribution in [2.24, 2.45) is 0 Å². The first-order valence-corrected chi connectivity index (χ1v) is 9.60. The average Bonchev–Trinajstić information content (AvgIpc) is 3.16. The summed E-state index contributed by atoms with van der Waals surface area (Å²) >= 11 is 0. The molecule has 0 bridgehead atoms. The molecule has 0 aliphatic heterocycles. The lowest BCUT2D eigenvalue weighted by molar-refractivity contribution is 0.575. The van der Waals surface area contributed by atoms with Crippen LogP contribution in [0.15, 0.2) is 60.9 Å². The van der Waals surface area contributed by atoms with E-state index >= 15 is 0 Å². The smallest absolute Gasteiger partial charge is 0.215 e. The fourth-order valence-corrected chi connectivity index (χ4v) is 3.47. The van der Waals surface area contributed by atoms with E-state index in [4.69, 9.17) is 0 Å². The van der Waals surface area contributed by atoms with E-state index in [0.717, 1.165) is 0 Å². The maximum absolute atomic E-state index is 13.5. The van der Waals surface area contributed by atoms with Crippen LogP contribution in [0.25, 0.3) is 5.82 Å². The molecule has 0 fully saturated rings. The molecule has 2 N–H and O–H groups in total. The monoisotopic (exact) mass is 375 g/mol. The Balaban J connectivity index is 1.47. The lowest BCUT2D eigenvalue weighted by Gasteiger charge is -2.09. The number of hydrogen-bond acceptors (Lipinski definition) is 5. The Morgan fingerprint density at radius 2 is 1.73 bits per heavy atom. The minimum absolute atomic E-state index is 0.138. The second kappa shape index (κ2) is 8.07. The molecule has 0 saturated carbocycles. The summed E-state index contributed by atoms with van der Waals surface area (Å²) in [5.41, 5.74) is 0.138. The summed E-state index contributed by atoms with van der Waals surface area (Å²) in [5, 5.41) is 11.1. The fourth-order valence-electron chi connectivity index (χ4n) is 2.31. The third kappa shape index (κ3) is 4.87. The molecule has 0 unspecified atom stereocenters. The number of hydrogen-bond donors (Lipinski definition) is 2. The Hall–Kier alpha value is -2.78. The van der Waals surface area contributed by atoms with Crippen LogP contribution < -0.4 is 10.0 Å². The third-order valence-corrected chi connectivity index (χ3v) is 4.91. The average molecular weight is 375 g/mol. The molecule has 0 radical (unpaired) electrons. The van der Waals surface area contributed by atoms with Gasteiger partial charge in [-0.2, -0.15) is 0 Å². The van der Waals surface area contributed by atoms with Gasteiger partial charge in [-0.25, -0.2) is 17.5 Å². The summed E-state index contributed by atoms with van der Waals surface area (Å²) in [7, 11) is -3.62. The van der Waals surface area contributed by atoms with Gasteiger partial charge in [0.05, 0.1) is 5.75 Å². The van der Waals surface area contributed by atoms with Crippen molar-refractivity contribution in [3.63, 3.8) is 0 Å². The van der Waals surface area contributed by atoms with E-state index in [1.54, 1.807) is 18.2 Å². The Morgan fingerprint density at radius 3 is 2.42 bits per heavy atom. The van der Waals surface area contributed by atoms with Gasteiger partial charge in [0.25, 0.3) is 0 Å². The molecular formula is C17H18FN5O2S. The molecule has 0 amide bonds. The standard InChI is InChI=1S/C17H18FN5O2S/c18-15-6-2-1-5-14(15)13-26(24,25)20-10-9-19-16-7-8-17(22-21-16)23-11-3-4-12-23/h1-8,11-12,20H,9-10,13H2,(H,19,21). The molecule has 1 aromatic carbocycles. The molecule has 2 aromatic heterocycles. The van der Waals surface area contributed by atoms with Crippen LogP contribution in [-0.2, 0) is 15.8 Å². The third-order valence-electron chi connectivity index (χ3n) is 3.58. The molecule has 0 saturated heterocycles. The molecule has 0 atom stereocenters. The second-order valence-electron chi connectivity index (χ2n) is 5.54. The van der Waals surface area contributed by atoms with Crippen LogP contribution in [0.3, 0.4) is 0 Å². The number of halogens is 1. The Labute approximate surface area is 150 Å². The minimum Gasteiger partial charge on any atom is -0.367 e. The molecule has 3 rings (SSSR count). The Bertz CT molecular complexity index is 944.